The number of hydrogen-bond acceptors (Lipinski definition) is 5. The second-order valence-electron chi connectivity index (χ2n) is 5.75. The van der Waals surface area contributed by atoms with E-state index in [9.17, 15) is 22.8 Å². The third-order valence-corrected chi connectivity index (χ3v) is 4.14. The van der Waals surface area contributed by atoms with Gasteiger partial charge in [0.25, 0.3) is 0 Å². The summed E-state index contributed by atoms with van der Waals surface area (Å²) in [6.45, 7) is 0.380. The minimum Gasteiger partial charge on any atom is -0.475 e. The summed E-state index contributed by atoms with van der Waals surface area (Å²) in [5, 5.41) is 21.8. The number of aliphatic carboxylic acids is 1. The van der Waals surface area contributed by atoms with Crippen LogP contribution in [-0.2, 0) is 19.8 Å². The Balaban J connectivity index is 0.000000298. The van der Waals surface area contributed by atoms with E-state index in [0.29, 0.717) is 24.2 Å². The van der Waals surface area contributed by atoms with Gasteiger partial charge in [-0.3, -0.25) is 9.59 Å². The van der Waals surface area contributed by atoms with E-state index in [1.165, 1.54) is 0 Å². The van der Waals surface area contributed by atoms with Gasteiger partial charge in [0.2, 0.25) is 11.8 Å². The highest BCUT2D eigenvalue weighted by Gasteiger charge is 2.52. The summed E-state index contributed by atoms with van der Waals surface area (Å²) in [6, 6.07) is 6.65. The predicted octanol–water partition coefficient (Wildman–Crippen LogP) is 0.229. The van der Waals surface area contributed by atoms with Crippen molar-refractivity contribution in [2.24, 2.45) is 5.73 Å². The Labute approximate surface area is 144 Å². The van der Waals surface area contributed by atoms with Gasteiger partial charge < -0.3 is 21.5 Å². The number of benzene rings is 1. The second kappa shape index (κ2) is 6.64. The first-order valence-corrected chi connectivity index (χ1v) is 7.20. The van der Waals surface area contributed by atoms with Crippen molar-refractivity contribution < 1.29 is 32.7 Å². The lowest BCUT2D eigenvalue weighted by atomic mass is 9.79. The molecule has 1 saturated heterocycles. The number of hydrogen-bond donors (Lipinski definition) is 4. The molecule has 0 bridgehead atoms. The Bertz CT molecular complexity index is 818. The topological polar surface area (TPSA) is 145 Å². The van der Waals surface area contributed by atoms with Crippen molar-refractivity contribution >= 4 is 23.5 Å². The van der Waals surface area contributed by atoms with E-state index < -0.39 is 29.5 Å². The molecule has 1 aromatic rings. The van der Waals surface area contributed by atoms with Crippen molar-refractivity contribution in [2.75, 3.05) is 11.9 Å². The van der Waals surface area contributed by atoms with Gasteiger partial charge in [0, 0.05) is 12.2 Å². The number of nitrogens with zero attached hydrogens (tertiary/aromatic N) is 1. The maximum absolute atomic E-state index is 12.2. The van der Waals surface area contributed by atoms with Crippen LogP contribution in [0.4, 0.5) is 18.9 Å². The number of nitrogens with one attached hydrogen (secondary N) is 2. The quantitative estimate of drug-likeness (QED) is 0.557. The van der Waals surface area contributed by atoms with Gasteiger partial charge in [-0.1, -0.05) is 6.07 Å². The average molecular weight is 370 g/mol. The summed E-state index contributed by atoms with van der Waals surface area (Å²) in [6.07, 6.45) is -4.73. The first kappa shape index (κ1) is 19.2. The van der Waals surface area contributed by atoms with E-state index in [4.69, 9.17) is 20.9 Å². The molecule has 3 rings (SSSR count). The van der Waals surface area contributed by atoms with Crippen LogP contribution in [0.5, 0.6) is 0 Å². The molecule has 11 heteroatoms. The van der Waals surface area contributed by atoms with Crippen molar-refractivity contribution in [3.63, 3.8) is 0 Å². The van der Waals surface area contributed by atoms with E-state index in [1.54, 1.807) is 18.2 Å². The molecule has 0 aromatic heterocycles. The van der Waals surface area contributed by atoms with Gasteiger partial charge >= 0.3 is 12.1 Å². The van der Waals surface area contributed by atoms with Gasteiger partial charge in [-0.15, -0.1) is 0 Å². The lowest BCUT2D eigenvalue weighted by molar-refractivity contribution is -0.192. The number of carboxylic acid groups (broad SMARTS) is 1. The molecule has 0 saturated carbocycles. The highest BCUT2D eigenvalue weighted by Crippen LogP contribution is 2.43. The number of primary amides is 1. The Morgan fingerprint density at radius 3 is 2.46 bits per heavy atom. The highest BCUT2D eigenvalue weighted by molar-refractivity contribution is 6.07. The first-order chi connectivity index (χ1) is 12.0. The van der Waals surface area contributed by atoms with Crippen LogP contribution < -0.4 is 16.4 Å². The fourth-order valence-corrected chi connectivity index (χ4v) is 2.87. The van der Waals surface area contributed by atoms with Gasteiger partial charge in [-0.25, -0.2) is 4.79 Å². The zero-order chi connectivity index (χ0) is 19.7. The summed E-state index contributed by atoms with van der Waals surface area (Å²) in [5.41, 5.74) is 6.51. The summed E-state index contributed by atoms with van der Waals surface area (Å²) in [7, 11) is 0. The number of fused-ring (bicyclic) bond motifs is 2. The molecule has 2 atom stereocenters. The SMILES string of the molecule is N#Cc1ccc2c(c1)NC(=O)[C@@]21CN[C@H](C(N)=O)C1.O=C(O)C(F)(F)F. The molecule has 2 heterocycles. The fourth-order valence-electron chi connectivity index (χ4n) is 2.87. The van der Waals surface area contributed by atoms with Crippen molar-refractivity contribution in [3.8, 4) is 6.07 Å². The van der Waals surface area contributed by atoms with Crippen molar-refractivity contribution in [3.05, 3.63) is 29.3 Å². The predicted molar refractivity (Wildman–Crippen MR) is 80.8 cm³/mol. The molecule has 2 amide bonds. The molecule has 0 unspecified atom stereocenters. The molecule has 0 aliphatic carbocycles. The highest BCUT2D eigenvalue weighted by atomic mass is 19.4. The van der Waals surface area contributed by atoms with Crippen LogP contribution in [0.3, 0.4) is 0 Å². The van der Waals surface area contributed by atoms with Crippen LogP contribution in [0.1, 0.15) is 17.5 Å². The third kappa shape index (κ3) is 3.45. The summed E-state index contributed by atoms with van der Waals surface area (Å²) in [4.78, 5) is 32.4. The van der Waals surface area contributed by atoms with Gasteiger partial charge in [-0.2, -0.15) is 18.4 Å². The molecule has 1 fully saturated rings. The number of rotatable bonds is 1. The van der Waals surface area contributed by atoms with Crippen LogP contribution in [0.15, 0.2) is 18.2 Å². The third-order valence-electron chi connectivity index (χ3n) is 4.14. The maximum atomic E-state index is 12.2. The number of amides is 2. The summed E-state index contributed by atoms with van der Waals surface area (Å²) < 4.78 is 31.7. The van der Waals surface area contributed by atoms with E-state index in [0.717, 1.165) is 5.56 Å². The number of carbonyl (C=O) groups excluding carboxylic acids is 2. The molecular weight excluding hydrogens is 357 g/mol. The van der Waals surface area contributed by atoms with Crippen molar-refractivity contribution in [1.29, 1.82) is 5.26 Å². The molecule has 8 nitrogen and oxygen atoms in total. The first-order valence-electron chi connectivity index (χ1n) is 7.20. The Morgan fingerprint density at radius 2 is 2.00 bits per heavy atom. The minimum absolute atomic E-state index is 0.145. The van der Waals surface area contributed by atoms with E-state index in [-0.39, 0.29) is 5.91 Å². The molecule has 1 spiro atoms. The lowest BCUT2D eigenvalue weighted by Gasteiger charge is -2.19. The molecule has 2 aliphatic heterocycles. The molecule has 26 heavy (non-hydrogen) atoms. The van der Waals surface area contributed by atoms with Gasteiger partial charge in [0.05, 0.1) is 23.1 Å². The minimum atomic E-state index is -5.08. The fraction of sp³-hybridized carbons (Fsp3) is 0.333. The lowest BCUT2D eigenvalue weighted by Crippen LogP contribution is -2.36. The number of nitriles is 1. The summed E-state index contributed by atoms with van der Waals surface area (Å²) >= 11 is 0. The van der Waals surface area contributed by atoms with Gasteiger partial charge in [0.1, 0.15) is 0 Å². The Hall–Kier alpha value is -3.13. The second-order valence-corrected chi connectivity index (χ2v) is 5.75. The van der Waals surface area contributed by atoms with E-state index in [2.05, 4.69) is 10.6 Å². The van der Waals surface area contributed by atoms with Crippen LogP contribution in [0.2, 0.25) is 0 Å². The van der Waals surface area contributed by atoms with Crippen LogP contribution in [0, 0.1) is 11.3 Å². The zero-order valence-electron chi connectivity index (χ0n) is 13.1. The largest absolute Gasteiger partial charge is 0.490 e. The standard InChI is InChI=1S/C13H12N4O2.C2HF3O2/c14-5-7-1-2-8-9(3-7)17-12(19)13(8)4-10(11(15)18)16-6-13;3-2(4,5)1(6)7/h1-3,10,16H,4,6H2,(H2,15,18)(H,17,19);(H,6,7)/t10-,13-;/m0./s1. The molecule has 138 valence electrons. The van der Waals surface area contributed by atoms with Crippen molar-refractivity contribution in [1.82, 2.24) is 5.32 Å². The van der Waals surface area contributed by atoms with Gasteiger partial charge in [0.15, 0.2) is 0 Å². The Kier molecular flexibility index (Phi) is 4.90. The van der Waals surface area contributed by atoms with Crippen LogP contribution >= 0.6 is 0 Å². The van der Waals surface area contributed by atoms with Gasteiger partial charge in [-0.05, 0) is 24.1 Å². The Morgan fingerprint density at radius 1 is 1.38 bits per heavy atom. The molecule has 2 aliphatic rings. The average Bonchev–Trinajstić information content (AvgIpc) is 3.11. The number of alkyl halides is 3. The van der Waals surface area contributed by atoms with E-state index in [1.807, 2.05) is 6.07 Å². The smallest absolute Gasteiger partial charge is 0.475 e. The van der Waals surface area contributed by atoms with E-state index >= 15 is 0 Å². The number of carbonyl (C=O) groups is 3. The normalized spacial score (nSPS) is 23.5. The number of halogens is 3. The number of anilines is 1. The molecule has 5 N–H and O–H groups in total. The number of carboxylic acids is 1. The number of nitrogens with two attached hydrogens (primary N) is 1. The summed E-state index contributed by atoms with van der Waals surface area (Å²) in [5.74, 6) is -3.35. The molecular formula is C15H13F3N4O4. The monoisotopic (exact) mass is 370 g/mol. The molecule has 0 radical (unpaired) electrons. The maximum Gasteiger partial charge on any atom is 0.490 e. The van der Waals surface area contributed by atoms with Crippen LogP contribution in [-0.4, -0.2) is 41.7 Å². The zero-order valence-corrected chi connectivity index (χ0v) is 13.1. The van der Waals surface area contributed by atoms with Crippen LogP contribution in [0.25, 0.3) is 0 Å². The van der Waals surface area contributed by atoms with Crippen molar-refractivity contribution in [2.45, 2.75) is 24.1 Å². The molecule has 1 aromatic carbocycles.